The fraction of sp³-hybridized carbons (Fsp3) is 0.750. The summed E-state index contributed by atoms with van der Waals surface area (Å²) in [5.41, 5.74) is 4.00. The Bertz CT molecular complexity index is 89.1. The van der Waals surface area contributed by atoms with Crippen molar-refractivity contribution in [3.8, 4) is 0 Å². The van der Waals surface area contributed by atoms with Gasteiger partial charge in [0, 0.05) is 0 Å². The molecular formula is C4H11Cl2NO2. The van der Waals surface area contributed by atoms with E-state index in [1.807, 2.05) is 0 Å². The Kier molecular flexibility index (Phi) is 8.62. The van der Waals surface area contributed by atoms with E-state index in [-0.39, 0.29) is 24.8 Å². The highest BCUT2D eigenvalue weighted by molar-refractivity contribution is 5.85. The second-order valence-corrected chi connectivity index (χ2v) is 2.03. The minimum Gasteiger partial charge on any atom is -0.480 e. The van der Waals surface area contributed by atoms with Crippen LogP contribution < -0.4 is 5.73 Å². The van der Waals surface area contributed by atoms with E-state index >= 15 is 0 Å². The average Bonchev–Trinajstić information content (AvgIpc) is 1.31. The lowest BCUT2D eigenvalue weighted by Crippen LogP contribution is -2.41. The van der Waals surface area contributed by atoms with Gasteiger partial charge in [-0.25, -0.2) is 0 Å². The van der Waals surface area contributed by atoms with Crippen LogP contribution in [0, 0.1) is 0 Å². The number of hydrogen-bond donors (Lipinski definition) is 2. The number of carboxylic acids is 1. The molecule has 0 saturated heterocycles. The summed E-state index contributed by atoms with van der Waals surface area (Å²) in [4.78, 5) is 9.90. The SMILES string of the molecule is CC(C)(N)C(=O)O.Cl.Cl. The normalized spacial score (nSPS) is 8.78. The molecule has 9 heavy (non-hydrogen) atoms. The molecule has 0 rings (SSSR count). The van der Waals surface area contributed by atoms with E-state index in [2.05, 4.69) is 0 Å². The van der Waals surface area contributed by atoms with Gasteiger partial charge in [0.25, 0.3) is 0 Å². The molecule has 0 unspecified atom stereocenters. The molecule has 3 nitrogen and oxygen atoms in total. The van der Waals surface area contributed by atoms with E-state index in [9.17, 15) is 4.79 Å². The van der Waals surface area contributed by atoms with Gasteiger partial charge in [-0.3, -0.25) is 4.79 Å². The van der Waals surface area contributed by atoms with E-state index in [0.29, 0.717) is 0 Å². The maximum atomic E-state index is 9.90. The molecule has 0 aliphatic carbocycles. The summed E-state index contributed by atoms with van der Waals surface area (Å²) in [6, 6.07) is 0. The van der Waals surface area contributed by atoms with Crippen LogP contribution in [-0.4, -0.2) is 16.6 Å². The van der Waals surface area contributed by atoms with E-state index < -0.39 is 11.5 Å². The highest BCUT2D eigenvalue weighted by Crippen LogP contribution is 1.93. The molecule has 0 aromatic heterocycles. The van der Waals surface area contributed by atoms with Crippen molar-refractivity contribution in [1.29, 1.82) is 0 Å². The van der Waals surface area contributed by atoms with E-state index in [0.717, 1.165) is 0 Å². The molecule has 0 heterocycles. The summed E-state index contributed by atoms with van der Waals surface area (Å²) in [6.07, 6.45) is 0. The minimum atomic E-state index is -1.08. The lowest BCUT2D eigenvalue weighted by Gasteiger charge is -2.09. The summed E-state index contributed by atoms with van der Waals surface area (Å²) in [5, 5.41) is 8.12. The molecule has 0 amide bonds. The highest BCUT2D eigenvalue weighted by Gasteiger charge is 2.19. The molecule has 0 fully saturated rings. The van der Waals surface area contributed by atoms with Crippen LogP contribution in [0.15, 0.2) is 0 Å². The van der Waals surface area contributed by atoms with Crippen molar-refractivity contribution < 1.29 is 9.90 Å². The third-order valence-corrected chi connectivity index (χ3v) is 0.551. The molecule has 58 valence electrons. The predicted octanol–water partition coefficient (Wildman–Crippen LogP) is 0.652. The number of rotatable bonds is 1. The molecule has 0 bridgehead atoms. The molecule has 0 aromatic rings. The van der Waals surface area contributed by atoms with Crippen molar-refractivity contribution >= 4 is 30.8 Å². The van der Waals surface area contributed by atoms with Gasteiger partial charge in [-0.1, -0.05) is 0 Å². The van der Waals surface area contributed by atoms with Gasteiger partial charge in [-0.05, 0) is 13.8 Å². The zero-order chi connectivity index (χ0) is 6.08. The van der Waals surface area contributed by atoms with Crippen molar-refractivity contribution in [2.24, 2.45) is 5.73 Å². The third kappa shape index (κ3) is 8.01. The van der Waals surface area contributed by atoms with Gasteiger partial charge >= 0.3 is 5.97 Å². The van der Waals surface area contributed by atoms with Crippen LogP contribution in [0.1, 0.15) is 13.8 Å². The van der Waals surface area contributed by atoms with Crippen LogP contribution in [-0.2, 0) is 4.79 Å². The van der Waals surface area contributed by atoms with Crippen molar-refractivity contribution in [2.75, 3.05) is 0 Å². The number of hydrogen-bond acceptors (Lipinski definition) is 2. The van der Waals surface area contributed by atoms with E-state index in [1.54, 1.807) is 0 Å². The van der Waals surface area contributed by atoms with Crippen molar-refractivity contribution in [1.82, 2.24) is 0 Å². The third-order valence-electron chi connectivity index (χ3n) is 0.551. The lowest BCUT2D eigenvalue weighted by molar-refractivity contribution is -0.141. The summed E-state index contributed by atoms with van der Waals surface area (Å²) in [7, 11) is 0. The first-order valence-corrected chi connectivity index (χ1v) is 1.97. The molecule has 0 aliphatic heterocycles. The van der Waals surface area contributed by atoms with Crippen LogP contribution in [0.3, 0.4) is 0 Å². The number of carbonyl (C=O) groups is 1. The van der Waals surface area contributed by atoms with Crippen LogP contribution in [0.2, 0.25) is 0 Å². The Morgan fingerprint density at radius 2 is 1.56 bits per heavy atom. The Hall–Kier alpha value is 0.01000. The second-order valence-electron chi connectivity index (χ2n) is 2.03. The van der Waals surface area contributed by atoms with E-state index in [1.165, 1.54) is 13.8 Å². The fourth-order valence-corrected chi connectivity index (χ4v) is 0. The summed E-state index contributed by atoms with van der Waals surface area (Å²) in [6.45, 7) is 2.88. The number of nitrogens with two attached hydrogens (primary N) is 1. The largest absolute Gasteiger partial charge is 0.480 e. The Labute approximate surface area is 66.4 Å². The average molecular weight is 176 g/mol. The standard InChI is InChI=1S/C4H9NO2.2ClH/c1-4(2,5)3(6)7;;/h5H2,1-2H3,(H,6,7);2*1H. The first kappa shape index (κ1) is 16.0. The number of halogens is 2. The van der Waals surface area contributed by atoms with Crippen molar-refractivity contribution in [2.45, 2.75) is 19.4 Å². The highest BCUT2D eigenvalue weighted by atomic mass is 35.5. The maximum Gasteiger partial charge on any atom is 0.323 e. The Morgan fingerprint density at radius 3 is 1.56 bits per heavy atom. The molecule has 0 saturated carbocycles. The molecule has 3 N–H and O–H groups in total. The summed E-state index contributed by atoms with van der Waals surface area (Å²) < 4.78 is 0. The molecule has 0 spiro atoms. The van der Waals surface area contributed by atoms with Crippen molar-refractivity contribution in [3.05, 3.63) is 0 Å². The first-order valence-electron chi connectivity index (χ1n) is 1.97. The molecular weight excluding hydrogens is 165 g/mol. The fourth-order valence-electron chi connectivity index (χ4n) is 0. The van der Waals surface area contributed by atoms with Gasteiger partial charge in [0.2, 0.25) is 0 Å². The maximum absolute atomic E-state index is 9.90. The lowest BCUT2D eigenvalue weighted by atomic mass is 10.1. The van der Waals surface area contributed by atoms with Crippen molar-refractivity contribution in [3.63, 3.8) is 0 Å². The van der Waals surface area contributed by atoms with Gasteiger partial charge < -0.3 is 10.8 Å². The monoisotopic (exact) mass is 175 g/mol. The molecule has 0 radical (unpaired) electrons. The first-order chi connectivity index (χ1) is 2.94. The van der Waals surface area contributed by atoms with Crippen LogP contribution in [0.25, 0.3) is 0 Å². The summed E-state index contributed by atoms with van der Waals surface area (Å²) >= 11 is 0. The van der Waals surface area contributed by atoms with Gasteiger partial charge in [-0.15, -0.1) is 24.8 Å². The van der Waals surface area contributed by atoms with Crippen LogP contribution in [0.5, 0.6) is 0 Å². The van der Waals surface area contributed by atoms with E-state index in [4.69, 9.17) is 10.8 Å². The predicted molar refractivity (Wildman–Crippen MR) is 40.4 cm³/mol. The van der Waals surface area contributed by atoms with Crippen LogP contribution in [0.4, 0.5) is 0 Å². The second kappa shape index (κ2) is 4.85. The molecule has 0 aromatic carbocycles. The molecule has 0 aliphatic rings. The van der Waals surface area contributed by atoms with Crippen LogP contribution >= 0.6 is 24.8 Å². The Balaban J connectivity index is -0.000000180. The smallest absolute Gasteiger partial charge is 0.323 e. The molecule has 0 atom stereocenters. The minimum absolute atomic E-state index is 0. The van der Waals surface area contributed by atoms with Gasteiger partial charge in [0.1, 0.15) is 5.54 Å². The van der Waals surface area contributed by atoms with Gasteiger partial charge in [0.05, 0.1) is 0 Å². The Morgan fingerprint density at radius 1 is 1.44 bits per heavy atom. The quantitative estimate of drug-likeness (QED) is 0.616. The summed E-state index contributed by atoms with van der Waals surface area (Å²) in [5.74, 6) is -0.979. The molecule has 5 heteroatoms. The zero-order valence-corrected chi connectivity index (χ0v) is 6.88. The number of carboxylic acid groups (broad SMARTS) is 1. The number of aliphatic carboxylic acids is 1. The topological polar surface area (TPSA) is 63.3 Å². The van der Waals surface area contributed by atoms with Gasteiger partial charge in [0.15, 0.2) is 0 Å². The van der Waals surface area contributed by atoms with Gasteiger partial charge in [-0.2, -0.15) is 0 Å². The zero-order valence-electron chi connectivity index (χ0n) is 5.25.